The highest BCUT2D eigenvalue weighted by Gasteiger charge is 2.32. The molecular weight excluding hydrogens is 250 g/mol. The number of rotatable bonds is 4. The lowest BCUT2D eigenvalue weighted by Crippen LogP contribution is -2.51. The average Bonchev–Trinajstić information content (AvgIpc) is 2.83. The van der Waals surface area contributed by atoms with E-state index < -0.39 is 18.1 Å². The quantitative estimate of drug-likeness (QED) is 0.544. The van der Waals surface area contributed by atoms with Gasteiger partial charge in [0, 0.05) is 18.6 Å². The molecule has 0 aromatic heterocycles. The van der Waals surface area contributed by atoms with Crippen molar-refractivity contribution in [3.05, 3.63) is 0 Å². The fourth-order valence-electron chi connectivity index (χ4n) is 2.87. The Kier molecular flexibility index (Phi) is 4.60. The molecule has 3 unspecified atom stereocenters. The molecule has 108 valence electrons. The number of carboxylic acid groups (broad SMARTS) is 1. The van der Waals surface area contributed by atoms with Crippen molar-refractivity contribution in [3.63, 3.8) is 0 Å². The second-order valence-corrected chi connectivity index (χ2v) is 5.26. The topological polar surface area (TPSA) is 102 Å². The van der Waals surface area contributed by atoms with Gasteiger partial charge in [-0.25, -0.2) is 9.59 Å². The SMILES string of the molecule is O=C(NCC(O)C(=O)O)NC1CCN2CCCC2C1. The van der Waals surface area contributed by atoms with Crippen LogP contribution in [0.15, 0.2) is 0 Å². The molecule has 2 saturated heterocycles. The number of aliphatic hydroxyl groups is 1. The van der Waals surface area contributed by atoms with Crippen molar-refractivity contribution in [2.24, 2.45) is 0 Å². The first-order chi connectivity index (χ1) is 9.06. The number of fused-ring (bicyclic) bond motifs is 1. The van der Waals surface area contributed by atoms with Crippen molar-refractivity contribution >= 4 is 12.0 Å². The summed E-state index contributed by atoms with van der Waals surface area (Å²) in [6.45, 7) is 1.89. The molecule has 3 atom stereocenters. The minimum absolute atomic E-state index is 0.140. The number of carbonyl (C=O) groups excluding carboxylic acids is 1. The Bertz CT molecular complexity index is 350. The lowest BCUT2D eigenvalue weighted by Gasteiger charge is -2.35. The van der Waals surface area contributed by atoms with Crippen LogP contribution in [0.3, 0.4) is 0 Å². The van der Waals surface area contributed by atoms with Gasteiger partial charge in [-0.15, -0.1) is 0 Å². The van der Waals surface area contributed by atoms with Crippen molar-refractivity contribution in [1.29, 1.82) is 0 Å². The monoisotopic (exact) mass is 271 g/mol. The van der Waals surface area contributed by atoms with E-state index >= 15 is 0 Å². The van der Waals surface area contributed by atoms with Crippen LogP contribution in [-0.2, 0) is 4.79 Å². The molecule has 19 heavy (non-hydrogen) atoms. The second kappa shape index (κ2) is 6.21. The van der Waals surface area contributed by atoms with Crippen LogP contribution < -0.4 is 10.6 Å². The van der Waals surface area contributed by atoms with Crippen LogP contribution in [0.1, 0.15) is 25.7 Å². The van der Waals surface area contributed by atoms with E-state index in [4.69, 9.17) is 10.2 Å². The van der Waals surface area contributed by atoms with Crippen molar-refractivity contribution < 1.29 is 19.8 Å². The number of carboxylic acids is 1. The number of amides is 2. The molecule has 0 aromatic rings. The van der Waals surface area contributed by atoms with Crippen molar-refractivity contribution in [1.82, 2.24) is 15.5 Å². The van der Waals surface area contributed by atoms with Crippen LogP contribution >= 0.6 is 0 Å². The van der Waals surface area contributed by atoms with E-state index in [1.165, 1.54) is 12.8 Å². The summed E-state index contributed by atoms with van der Waals surface area (Å²) >= 11 is 0. The summed E-state index contributed by atoms with van der Waals surface area (Å²) in [5.41, 5.74) is 0. The largest absolute Gasteiger partial charge is 0.479 e. The normalized spacial score (nSPS) is 28.5. The van der Waals surface area contributed by atoms with Gasteiger partial charge < -0.3 is 25.7 Å². The van der Waals surface area contributed by atoms with Gasteiger partial charge in [0.25, 0.3) is 0 Å². The highest BCUT2D eigenvalue weighted by atomic mass is 16.4. The molecule has 0 saturated carbocycles. The zero-order valence-corrected chi connectivity index (χ0v) is 10.8. The fraction of sp³-hybridized carbons (Fsp3) is 0.833. The molecule has 2 amide bonds. The Morgan fingerprint density at radius 2 is 2.11 bits per heavy atom. The van der Waals surface area contributed by atoms with E-state index in [1.807, 2.05) is 0 Å². The standard InChI is InChI=1S/C12H21N3O4/c16-10(11(17)18)7-13-12(19)14-8-3-5-15-4-1-2-9(15)6-8/h8-10,16H,1-7H2,(H,17,18)(H2,13,14,19). The van der Waals surface area contributed by atoms with Crippen molar-refractivity contribution in [2.75, 3.05) is 19.6 Å². The first-order valence-corrected chi connectivity index (χ1v) is 6.75. The molecule has 2 heterocycles. The molecule has 7 heteroatoms. The Morgan fingerprint density at radius 1 is 1.32 bits per heavy atom. The van der Waals surface area contributed by atoms with Gasteiger partial charge >= 0.3 is 12.0 Å². The zero-order valence-electron chi connectivity index (χ0n) is 10.8. The van der Waals surface area contributed by atoms with E-state index in [0.717, 1.165) is 25.9 Å². The predicted octanol–water partition coefficient (Wildman–Crippen LogP) is -0.642. The van der Waals surface area contributed by atoms with Crippen molar-refractivity contribution in [2.45, 2.75) is 43.9 Å². The van der Waals surface area contributed by atoms with Gasteiger partial charge in [0.1, 0.15) is 0 Å². The Hall–Kier alpha value is -1.34. The highest BCUT2D eigenvalue weighted by molar-refractivity contribution is 5.76. The molecule has 2 aliphatic heterocycles. The van der Waals surface area contributed by atoms with Gasteiger partial charge in [-0.2, -0.15) is 0 Å². The van der Waals surface area contributed by atoms with Gasteiger partial charge in [0.2, 0.25) is 0 Å². The van der Waals surface area contributed by atoms with Crippen LogP contribution in [-0.4, -0.2) is 64.9 Å². The smallest absolute Gasteiger partial charge is 0.334 e. The molecular formula is C12H21N3O4. The number of piperidine rings is 1. The highest BCUT2D eigenvalue weighted by Crippen LogP contribution is 2.26. The van der Waals surface area contributed by atoms with Crippen LogP contribution in [0.4, 0.5) is 4.79 Å². The van der Waals surface area contributed by atoms with E-state index in [0.29, 0.717) is 6.04 Å². The zero-order chi connectivity index (χ0) is 13.8. The van der Waals surface area contributed by atoms with Crippen LogP contribution in [0.5, 0.6) is 0 Å². The molecule has 2 aliphatic rings. The third kappa shape index (κ3) is 3.81. The molecule has 0 spiro atoms. The minimum atomic E-state index is -1.55. The van der Waals surface area contributed by atoms with E-state index in [9.17, 15) is 9.59 Å². The molecule has 4 N–H and O–H groups in total. The Labute approximate surface area is 112 Å². The minimum Gasteiger partial charge on any atom is -0.479 e. The number of aliphatic hydroxyl groups excluding tert-OH is 1. The van der Waals surface area contributed by atoms with Gasteiger partial charge in [-0.05, 0) is 32.2 Å². The summed E-state index contributed by atoms with van der Waals surface area (Å²) in [6, 6.07) is 0.307. The number of aliphatic carboxylic acids is 1. The first kappa shape index (κ1) is 14.1. The van der Waals surface area contributed by atoms with E-state index in [2.05, 4.69) is 15.5 Å². The summed E-state index contributed by atoms with van der Waals surface area (Å²) in [7, 11) is 0. The molecule has 0 radical (unpaired) electrons. The molecule has 2 fully saturated rings. The van der Waals surface area contributed by atoms with Crippen LogP contribution in [0, 0.1) is 0 Å². The van der Waals surface area contributed by atoms with Crippen molar-refractivity contribution in [3.8, 4) is 0 Å². The number of nitrogens with one attached hydrogen (secondary N) is 2. The number of nitrogens with zero attached hydrogens (tertiary/aromatic N) is 1. The predicted molar refractivity (Wildman–Crippen MR) is 67.8 cm³/mol. The summed E-state index contributed by atoms with van der Waals surface area (Å²) in [6.07, 6.45) is 2.74. The summed E-state index contributed by atoms with van der Waals surface area (Å²) < 4.78 is 0. The van der Waals surface area contributed by atoms with E-state index in [1.54, 1.807) is 0 Å². The van der Waals surface area contributed by atoms with E-state index in [-0.39, 0.29) is 12.6 Å². The van der Waals surface area contributed by atoms with Gasteiger partial charge in [-0.1, -0.05) is 0 Å². The number of carbonyl (C=O) groups is 2. The maximum Gasteiger partial charge on any atom is 0.334 e. The number of urea groups is 1. The third-order valence-corrected chi connectivity index (χ3v) is 3.90. The summed E-state index contributed by atoms with van der Waals surface area (Å²) in [4.78, 5) is 24.5. The summed E-state index contributed by atoms with van der Waals surface area (Å²) in [5.74, 6) is -1.33. The first-order valence-electron chi connectivity index (χ1n) is 6.75. The van der Waals surface area contributed by atoms with Gasteiger partial charge in [0.15, 0.2) is 6.10 Å². The molecule has 0 aliphatic carbocycles. The Morgan fingerprint density at radius 3 is 2.84 bits per heavy atom. The maximum atomic E-state index is 11.6. The number of hydrogen-bond donors (Lipinski definition) is 4. The second-order valence-electron chi connectivity index (χ2n) is 5.26. The lowest BCUT2D eigenvalue weighted by molar-refractivity contribution is -0.146. The Balaban J connectivity index is 1.69. The summed E-state index contributed by atoms with van der Waals surface area (Å²) in [5, 5.41) is 22.8. The maximum absolute atomic E-state index is 11.6. The van der Waals surface area contributed by atoms with Gasteiger partial charge in [-0.3, -0.25) is 0 Å². The number of hydrogen-bond acceptors (Lipinski definition) is 4. The van der Waals surface area contributed by atoms with Crippen LogP contribution in [0.2, 0.25) is 0 Å². The molecule has 2 rings (SSSR count). The average molecular weight is 271 g/mol. The van der Waals surface area contributed by atoms with Gasteiger partial charge in [0.05, 0.1) is 6.54 Å². The molecule has 0 aromatic carbocycles. The fourth-order valence-corrected chi connectivity index (χ4v) is 2.87. The van der Waals surface area contributed by atoms with Crippen LogP contribution in [0.25, 0.3) is 0 Å². The lowest BCUT2D eigenvalue weighted by atomic mass is 9.98. The molecule has 7 nitrogen and oxygen atoms in total. The molecule has 0 bridgehead atoms. The third-order valence-electron chi connectivity index (χ3n) is 3.90.